The molecule has 0 spiro atoms. The predicted molar refractivity (Wildman–Crippen MR) is 163 cm³/mol. The summed E-state index contributed by atoms with van der Waals surface area (Å²) in [6, 6.07) is 0. The summed E-state index contributed by atoms with van der Waals surface area (Å²) in [5, 5.41) is 0. The van der Waals surface area contributed by atoms with Crippen LogP contribution in [0.5, 0.6) is 0 Å². The maximum Gasteiger partial charge on any atom is 0.0701 e. The van der Waals surface area contributed by atoms with E-state index in [1.807, 2.05) is 6.92 Å². The first-order chi connectivity index (χ1) is 19.9. The van der Waals surface area contributed by atoms with E-state index in [9.17, 15) is 0 Å². The molecule has 0 rings (SSSR count). The van der Waals surface area contributed by atoms with Gasteiger partial charge in [-0.2, -0.15) is 0 Å². The minimum atomic E-state index is 0.552. The van der Waals surface area contributed by atoms with E-state index in [2.05, 4.69) is 6.92 Å². The molecule has 0 aromatic heterocycles. The monoisotopic (exact) mass is 578 g/mol. The number of ether oxygens (including phenoxy) is 8. The summed E-state index contributed by atoms with van der Waals surface area (Å²) < 4.78 is 43.7. The van der Waals surface area contributed by atoms with E-state index in [0.29, 0.717) is 92.5 Å². The van der Waals surface area contributed by atoms with Gasteiger partial charge in [-0.05, 0) is 13.3 Å². The molecule has 8 heteroatoms. The van der Waals surface area contributed by atoms with Gasteiger partial charge in [0, 0.05) is 13.2 Å². The van der Waals surface area contributed by atoms with Crippen LogP contribution in [0.3, 0.4) is 0 Å². The maximum atomic E-state index is 5.67. The van der Waals surface area contributed by atoms with Gasteiger partial charge in [0.25, 0.3) is 0 Å². The third-order valence-electron chi connectivity index (χ3n) is 6.45. The van der Waals surface area contributed by atoms with Gasteiger partial charge >= 0.3 is 0 Å². The summed E-state index contributed by atoms with van der Waals surface area (Å²) in [4.78, 5) is 0. The minimum Gasteiger partial charge on any atom is -0.379 e. The lowest BCUT2D eigenvalue weighted by molar-refractivity contribution is -0.0229. The number of hydrogen-bond acceptors (Lipinski definition) is 8. The molecular formula is C32H66O8. The predicted octanol–water partition coefficient (Wildman–Crippen LogP) is 6.62. The lowest BCUT2D eigenvalue weighted by atomic mass is 10.0. The Labute approximate surface area is 247 Å². The molecule has 0 atom stereocenters. The van der Waals surface area contributed by atoms with Gasteiger partial charge in [-0.3, -0.25) is 0 Å². The van der Waals surface area contributed by atoms with E-state index in [4.69, 9.17) is 37.9 Å². The number of unbranched alkanes of at least 4 members (excludes halogenated alkanes) is 13. The highest BCUT2D eigenvalue weighted by molar-refractivity contribution is 4.49. The normalized spacial score (nSPS) is 11.6. The molecule has 0 bridgehead atoms. The molecule has 0 N–H and O–H groups in total. The van der Waals surface area contributed by atoms with Crippen molar-refractivity contribution >= 4 is 0 Å². The second-order valence-corrected chi connectivity index (χ2v) is 10.1. The Morgan fingerprint density at radius 1 is 0.225 bits per heavy atom. The first-order valence-electron chi connectivity index (χ1n) is 16.5. The molecule has 0 aliphatic heterocycles. The number of hydrogen-bond donors (Lipinski definition) is 0. The largest absolute Gasteiger partial charge is 0.379 e. The van der Waals surface area contributed by atoms with Crippen LogP contribution in [-0.2, 0) is 37.9 Å². The van der Waals surface area contributed by atoms with Gasteiger partial charge in [0.2, 0.25) is 0 Å². The fraction of sp³-hybridized carbons (Fsp3) is 1.00. The van der Waals surface area contributed by atoms with Crippen molar-refractivity contribution < 1.29 is 37.9 Å². The fourth-order valence-corrected chi connectivity index (χ4v) is 4.08. The zero-order valence-electron chi connectivity index (χ0n) is 26.5. The van der Waals surface area contributed by atoms with E-state index in [1.54, 1.807) is 0 Å². The molecule has 0 heterocycles. The van der Waals surface area contributed by atoms with Crippen molar-refractivity contribution in [3.8, 4) is 0 Å². The summed E-state index contributed by atoms with van der Waals surface area (Å²) in [5.74, 6) is 0. The maximum absolute atomic E-state index is 5.67. The van der Waals surface area contributed by atoms with Crippen LogP contribution in [0.1, 0.15) is 104 Å². The van der Waals surface area contributed by atoms with Gasteiger partial charge in [0.15, 0.2) is 0 Å². The van der Waals surface area contributed by atoms with Crippen LogP contribution in [0.15, 0.2) is 0 Å². The summed E-state index contributed by atoms with van der Waals surface area (Å²) in [6.45, 7) is 14.0. The average Bonchev–Trinajstić information content (AvgIpc) is 2.97. The van der Waals surface area contributed by atoms with Gasteiger partial charge in [0.1, 0.15) is 0 Å². The van der Waals surface area contributed by atoms with Gasteiger partial charge in [-0.25, -0.2) is 0 Å². The molecule has 0 radical (unpaired) electrons. The van der Waals surface area contributed by atoms with Crippen LogP contribution >= 0.6 is 0 Å². The Morgan fingerprint density at radius 2 is 0.450 bits per heavy atom. The first kappa shape index (κ1) is 39.7. The van der Waals surface area contributed by atoms with Crippen LogP contribution in [0.2, 0.25) is 0 Å². The van der Waals surface area contributed by atoms with Crippen molar-refractivity contribution in [2.45, 2.75) is 104 Å². The summed E-state index contributed by atoms with van der Waals surface area (Å²) in [5.41, 5.74) is 0. The van der Waals surface area contributed by atoms with Crippen LogP contribution in [0.4, 0.5) is 0 Å². The van der Waals surface area contributed by atoms with Crippen molar-refractivity contribution in [2.75, 3.05) is 106 Å². The Hall–Kier alpha value is -0.320. The standard InChI is InChI=1S/C32H66O8/c1-3-5-6-7-8-9-10-11-12-13-14-15-16-17-18-34-21-22-36-25-26-38-29-30-40-32-31-39-28-27-37-24-23-35-20-19-33-4-2/h3-32H2,1-2H3. The second-order valence-electron chi connectivity index (χ2n) is 10.1. The summed E-state index contributed by atoms with van der Waals surface area (Å²) >= 11 is 0. The fourth-order valence-electron chi connectivity index (χ4n) is 4.08. The Kier molecular flexibility index (Phi) is 38.4. The molecule has 0 saturated heterocycles. The zero-order chi connectivity index (χ0) is 28.9. The van der Waals surface area contributed by atoms with Gasteiger partial charge < -0.3 is 37.9 Å². The van der Waals surface area contributed by atoms with Crippen molar-refractivity contribution in [2.24, 2.45) is 0 Å². The van der Waals surface area contributed by atoms with E-state index < -0.39 is 0 Å². The molecule has 0 unspecified atom stereocenters. The van der Waals surface area contributed by atoms with E-state index in [-0.39, 0.29) is 0 Å². The highest BCUT2D eigenvalue weighted by Gasteiger charge is 1.97. The molecule has 40 heavy (non-hydrogen) atoms. The quantitative estimate of drug-likeness (QED) is 0.0762. The topological polar surface area (TPSA) is 73.8 Å². The average molecular weight is 579 g/mol. The summed E-state index contributed by atoms with van der Waals surface area (Å²) in [7, 11) is 0. The second kappa shape index (κ2) is 38.7. The summed E-state index contributed by atoms with van der Waals surface area (Å²) in [6.07, 6.45) is 19.3. The lowest BCUT2D eigenvalue weighted by Crippen LogP contribution is -2.15. The molecule has 0 aliphatic rings. The smallest absolute Gasteiger partial charge is 0.0701 e. The minimum absolute atomic E-state index is 0.552. The third kappa shape index (κ3) is 37.7. The molecule has 0 aliphatic carbocycles. The van der Waals surface area contributed by atoms with Gasteiger partial charge in [0.05, 0.1) is 92.5 Å². The van der Waals surface area contributed by atoms with Crippen molar-refractivity contribution in [1.29, 1.82) is 0 Å². The molecule has 0 amide bonds. The van der Waals surface area contributed by atoms with Crippen LogP contribution < -0.4 is 0 Å². The SMILES string of the molecule is CCCCCCCCCCCCCCCCOCCOCCOCCOCCOCCOCCOCCOCC. The van der Waals surface area contributed by atoms with E-state index in [0.717, 1.165) is 19.6 Å². The highest BCUT2D eigenvalue weighted by Crippen LogP contribution is 2.12. The molecular weight excluding hydrogens is 512 g/mol. The highest BCUT2D eigenvalue weighted by atomic mass is 16.6. The lowest BCUT2D eigenvalue weighted by Gasteiger charge is -2.08. The molecule has 8 nitrogen and oxygen atoms in total. The molecule has 0 aromatic carbocycles. The molecule has 242 valence electrons. The number of rotatable bonds is 37. The molecule has 0 aromatic rings. The first-order valence-corrected chi connectivity index (χ1v) is 16.5. The van der Waals surface area contributed by atoms with Crippen molar-refractivity contribution in [3.63, 3.8) is 0 Å². The Morgan fingerprint density at radius 3 is 0.725 bits per heavy atom. The molecule has 0 saturated carbocycles. The molecule has 0 fully saturated rings. The van der Waals surface area contributed by atoms with E-state index in [1.165, 1.54) is 83.5 Å². The van der Waals surface area contributed by atoms with Gasteiger partial charge in [-0.1, -0.05) is 90.4 Å². The van der Waals surface area contributed by atoms with E-state index >= 15 is 0 Å². The Bertz CT molecular complexity index is 390. The van der Waals surface area contributed by atoms with Crippen LogP contribution in [0.25, 0.3) is 0 Å². The van der Waals surface area contributed by atoms with Crippen LogP contribution in [-0.4, -0.2) is 106 Å². The van der Waals surface area contributed by atoms with Crippen LogP contribution in [0, 0.1) is 0 Å². The Balaban J connectivity index is 3.01. The third-order valence-corrected chi connectivity index (χ3v) is 6.45. The van der Waals surface area contributed by atoms with Crippen molar-refractivity contribution in [1.82, 2.24) is 0 Å². The zero-order valence-corrected chi connectivity index (χ0v) is 26.5. The van der Waals surface area contributed by atoms with Gasteiger partial charge in [-0.15, -0.1) is 0 Å². The van der Waals surface area contributed by atoms with Crippen molar-refractivity contribution in [3.05, 3.63) is 0 Å².